The zero-order chi connectivity index (χ0) is 3.41. The molecule has 0 rings (SSSR count). The Balaban J connectivity index is 0. The molecular formula is C2H8CaO2. The molecule has 0 heterocycles. The predicted molar refractivity (Wildman–Crippen MR) is 22.8 cm³/mol. The molecule has 0 aromatic rings. The van der Waals surface area contributed by atoms with Crippen LogP contribution in [0.5, 0.6) is 0 Å². The van der Waals surface area contributed by atoms with Crippen molar-refractivity contribution in [2.75, 3.05) is 6.61 Å². The van der Waals surface area contributed by atoms with E-state index < -0.39 is 0 Å². The first kappa shape index (κ1) is 9.49. The summed E-state index contributed by atoms with van der Waals surface area (Å²) in [5, 5.41) is 7.38. The first-order valence-electron chi connectivity index (χ1n) is 1.18. The Bertz CT molecular complexity index is 9.61. The molecule has 0 aliphatic heterocycles. The molecule has 0 spiro atoms. The van der Waals surface area contributed by atoms with Crippen LogP contribution in [0.3, 0.4) is 0 Å². The van der Waals surface area contributed by atoms with Gasteiger partial charge in [-0.05, 0) is 6.92 Å². The van der Waals surface area contributed by atoms with Gasteiger partial charge in [0.2, 0.25) is 0 Å². The second-order valence-corrected chi connectivity index (χ2v) is 0.418. The molecule has 0 aromatic heterocycles. The Labute approximate surface area is 61.1 Å². The van der Waals surface area contributed by atoms with Crippen LogP contribution in [0.15, 0.2) is 0 Å². The molecule has 0 amide bonds. The number of hydrogen-bond acceptors (Lipinski definition) is 2. The predicted octanol–water partition coefficient (Wildman–Crippen LogP) is -0.420. The summed E-state index contributed by atoms with van der Waals surface area (Å²) >= 11 is 0. The van der Waals surface area contributed by atoms with Crippen LogP contribution in [0.4, 0.5) is 0 Å². The van der Waals surface area contributed by atoms with Crippen molar-refractivity contribution in [2.24, 2.45) is 0 Å². The quantitative estimate of drug-likeness (QED) is 0.278. The average Bonchev–Trinajstić information content (AvgIpc) is 1.37. The van der Waals surface area contributed by atoms with Crippen LogP contribution in [-0.4, -0.2) is 49.6 Å². The van der Waals surface area contributed by atoms with Crippen LogP contribution in [0.2, 0.25) is 0 Å². The van der Waals surface area contributed by atoms with Gasteiger partial charge in [0, 0.05) is 0 Å². The Morgan fingerprint density at radius 1 is 1.80 bits per heavy atom. The fraction of sp³-hybridized carbons (Fsp3) is 1.00. The van der Waals surface area contributed by atoms with E-state index >= 15 is 0 Å². The summed E-state index contributed by atoms with van der Waals surface area (Å²) in [6.07, 6.45) is 0. The van der Waals surface area contributed by atoms with E-state index in [9.17, 15) is 0 Å². The van der Waals surface area contributed by atoms with Crippen molar-refractivity contribution < 1.29 is 10.1 Å². The van der Waals surface area contributed by atoms with Crippen molar-refractivity contribution in [1.82, 2.24) is 0 Å². The SMILES string of the molecule is CCOO.[CaH2]. The van der Waals surface area contributed by atoms with Crippen molar-refractivity contribution in [2.45, 2.75) is 6.92 Å². The molecule has 30 valence electrons. The fourth-order valence-corrected chi connectivity index (χ4v) is 0. The molecule has 5 heavy (non-hydrogen) atoms. The normalized spacial score (nSPS) is 6.00. The van der Waals surface area contributed by atoms with Crippen molar-refractivity contribution >= 4 is 37.7 Å². The molecule has 0 aromatic carbocycles. The van der Waals surface area contributed by atoms with Gasteiger partial charge in [-0.3, -0.25) is 5.26 Å². The molecule has 0 saturated carbocycles. The van der Waals surface area contributed by atoms with Gasteiger partial charge in [-0.1, -0.05) is 0 Å². The number of rotatable bonds is 1. The van der Waals surface area contributed by atoms with Crippen molar-refractivity contribution in [3.63, 3.8) is 0 Å². The molecule has 0 saturated heterocycles. The summed E-state index contributed by atoms with van der Waals surface area (Å²) in [5.41, 5.74) is 0. The van der Waals surface area contributed by atoms with Gasteiger partial charge < -0.3 is 0 Å². The molecule has 3 heteroatoms. The average molecular weight is 104 g/mol. The van der Waals surface area contributed by atoms with Crippen LogP contribution in [-0.2, 0) is 4.89 Å². The topological polar surface area (TPSA) is 29.5 Å². The third kappa shape index (κ3) is 11.0. The molecule has 0 bridgehead atoms. The van der Waals surface area contributed by atoms with Gasteiger partial charge in [-0.25, -0.2) is 4.89 Å². The maximum absolute atomic E-state index is 7.38. The molecule has 0 atom stereocenters. The van der Waals surface area contributed by atoms with E-state index in [1.807, 2.05) is 0 Å². The van der Waals surface area contributed by atoms with Gasteiger partial charge in [0.15, 0.2) is 0 Å². The third-order valence-corrected chi connectivity index (χ3v) is 0.129. The van der Waals surface area contributed by atoms with E-state index in [0.717, 1.165) is 0 Å². The summed E-state index contributed by atoms with van der Waals surface area (Å²) in [5.74, 6) is 0. The summed E-state index contributed by atoms with van der Waals surface area (Å²) in [6.45, 7) is 2.08. The van der Waals surface area contributed by atoms with Gasteiger partial charge in [0.1, 0.15) is 0 Å². The summed E-state index contributed by atoms with van der Waals surface area (Å²) in [4.78, 5) is 3.54. The zero-order valence-corrected chi connectivity index (χ0v) is 2.56. The van der Waals surface area contributed by atoms with E-state index in [0.29, 0.717) is 6.61 Å². The number of hydrogen-bond donors (Lipinski definition) is 1. The van der Waals surface area contributed by atoms with Gasteiger partial charge in [0.25, 0.3) is 0 Å². The first-order valence-corrected chi connectivity index (χ1v) is 1.18. The molecule has 0 unspecified atom stereocenters. The molecule has 1 N–H and O–H groups in total. The van der Waals surface area contributed by atoms with Crippen LogP contribution < -0.4 is 0 Å². The second kappa shape index (κ2) is 8.95. The first-order chi connectivity index (χ1) is 1.91. The maximum atomic E-state index is 7.38. The Hall–Kier alpha value is 1.18. The van der Waals surface area contributed by atoms with Gasteiger partial charge >= 0.3 is 37.7 Å². The summed E-state index contributed by atoms with van der Waals surface area (Å²) in [7, 11) is 0. The molecule has 0 aliphatic rings. The van der Waals surface area contributed by atoms with E-state index in [1.165, 1.54) is 0 Å². The van der Waals surface area contributed by atoms with E-state index in [2.05, 4.69) is 4.89 Å². The van der Waals surface area contributed by atoms with Crippen LogP contribution >= 0.6 is 0 Å². The monoisotopic (exact) mass is 104 g/mol. The Morgan fingerprint density at radius 2 is 2.00 bits per heavy atom. The fourth-order valence-electron chi connectivity index (χ4n) is 0. The third-order valence-electron chi connectivity index (χ3n) is 0.129. The minimum atomic E-state index is 0. The van der Waals surface area contributed by atoms with Gasteiger partial charge in [-0.15, -0.1) is 0 Å². The van der Waals surface area contributed by atoms with Gasteiger partial charge in [-0.2, -0.15) is 0 Å². The van der Waals surface area contributed by atoms with E-state index in [4.69, 9.17) is 5.26 Å². The van der Waals surface area contributed by atoms with Crippen LogP contribution in [0.1, 0.15) is 6.92 Å². The molecule has 0 radical (unpaired) electrons. The van der Waals surface area contributed by atoms with Crippen molar-refractivity contribution in [1.29, 1.82) is 0 Å². The minimum absolute atomic E-state index is 0. The standard InChI is InChI=1S/C2H6O2.Ca.2H/c1-2-4-3;;;/h3H,2H2,1H3;;;. The Kier molecular flexibility index (Phi) is 17.0. The van der Waals surface area contributed by atoms with Crippen molar-refractivity contribution in [3.05, 3.63) is 0 Å². The van der Waals surface area contributed by atoms with Gasteiger partial charge in [0.05, 0.1) is 6.61 Å². The molecule has 0 fully saturated rings. The molecular weight excluding hydrogens is 96.1 g/mol. The second-order valence-electron chi connectivity index (χ2n) is 0.418. The Morgan fingerprint density at radius 3 is 2.00 bits per heavy atom. The van der Waals surface area contributed by atoms with Crippen LogP contribution in [0.25, 0.3) is 0 Å². The molecule has 0 aliphatic carbocycles. The zero-order valence-electron chi connectivity index (χ0n) is 2.56. The van der Waals surface area contributed by atoms with E-state index in [-0.39, 0.29) is 37.7 Å². The van der Waals surface area contributed by atoms with Crippen molar-refractivity contribution in [3.8, 4) is 0 Å². The van der Waals surface area contributed by atoms with Crippen LogP contribution in [0, 0.1) is 0 Å². The van der Waals surface area contributed by atoms with E-state index in [1.54, 1.807) is 6.92 Å². The summed E-state index contributed by atoms with van der Waals surface area (Å²) < 4.78 is 0. The molecule has 2 nitrogen and oxygen atoms in total. The summed E-state index contributed by atoms with van der Waals surface area (Å²) in [6, 6.07) is 0.